The van der Waals surface area contributed by atoms with Crippen LogP contribution in [-0.2, 0) is 0 Å². The molecule has 9 nitrogen and oxygen atoms in total. The maximum atomic E-state index is 11.3. The first-order valence-electron chi connectivity index (χ1n) is 9.37. The van der Waals surface area contributed by atoms with Gasteiger partial charge in [0.2, 0.25) is 5.95 Å². The molecule has 3 heterocycles. The summed E-state index contributed by atoms with van der Waals surface area (Å²) in [5.74, 6) is 1.75. The van der Waals surface area contributed by atoms with E-state index in [4.69, 9.17) is 11.6 Å². The van der Waals surface area contributed by atoms with Gasteiger partial charge in [-0.1, -0.05) is 11.6 Å². The zero-order valence-corrected chi connectivity index (χ0v) is 16.7. The van der Waals surface area contributed by atoms with Crippen molar-refractivity contribution in [1.82, 2.24) is 25.1 Å². The fraction of sp³-hybridized carbons (Fsp3) is 0.556. The number of amides is 1. The van der Waals surface area contributed by atoms with Gasteiger partial charge in [-0.05, 0) is 38.0 Å². The number of aromatic nitrogens is 4. The third-order valence-electron chi connectivity index (χ3n) is 5.93. The summed E-state index contributed by atoms with van der Waals surface area (Å²) in [6.07, 6.45) is 4.67. The molecule has 2 fully saturated rings. The molecule has 28 heavy (non-hydrogen) atoms. The highest BCUT2D eigenvalue weighted by molar-refractivity contribution is 6.32. The Labute approximate surface area is 168 Å². The summed E-state index contributed by atoms with van der Waals surface area (Å²) in [5.41, 5.74) is 1.02. The molecular formula is C18H24ClN7O2. The molecule has 10 heteroatoms. The highest BCUT2D eigenvalue weighted by Gasteiger charge is 2.46. The van der Waals surface area contributed by atoms with Crippen molar-refractivity contribution in [3.05, 3.63) is 23.0 Å². The molecule has 2 aromatic rings. The van der Waals surface area contributed by atoms with E-state index in [2.05, 4.69) is 30.4 Å². The van der Waals surface area contributed by atoms with E-state index in [9.17, 15) is 9.90 Å². The van der Waals surface area contributed by atoms with Gasteiger partial charge in [-0.2, -0.15) is 10.1 Å². The molecule has 4 rings (SSSR count). The molecule has 0 bridgehead atoms. The van der Waals surface area contributed by atoms with Crippen molar-refractivity contribution >= 4 is 35.3 Å². The van der Waals surface area contributed by atoms with E-state index in [1.807, 2.05) is 20.0 Å². The van der Waals surface area contributed by atoms with Crippen LogP contribution >= 0.6 is 11.6 Å². The molecule has 1 saturated carbocycles. The van der Waals surface area contributed by atoms with Crippen molar-refractivity contribution in [2.45, 2.75) is 38.6 Å². The summed E-state index contributed by atoms with van der Waals surface area (Å²) in [7, 11) is 1.99. The van der Waals surface area contributed by atoms with Gasteiger partial charge in [0.1, 0.15) is 5.02 Å². The number of anilines is 3. The number of nitrogens with zero attached hydrogens (tertiary/aromatic N) is 5. The Morgan fingerprint density at radius 1 is 1.50 bits per heavy atom. The molecule has 1 aliphatic carbocycles. The van der Waals surface area contributed by atoms with Gasteiger partial charge in [0.25, 0.3) is 0 Å². The first-order valence-corrected chi connectivity index (χ1v) is 9.75. The second-order valence-corrected chi connectivity index (χ2v) is 8.30. The molecule has 2 aliphatic rings. The van der Waals surface area contributed by atoms with Gasteiger partial charge in [0, 0.05) is 37.9 Å². The average Bonchev–Trinajstić information content (AvgIpc) is 3.38. The number of aryl methyl sites for hydroxylation is 1. The average molecular weight is 406 g/mol. The van der Waals surface area contributed by atoms with Crippen LogP contribution in [0.4, 0.5) is 22.4 Å². The second-order valence-electron chi connectivity index (χ2n) is 7.89. The summed E-state index contributed by atoms with van der Waals surface area (Å²) in [6, 6.07) is 2.15. The number of aromatic amines is 1. The second kappa shape index (κ2) is 7.12. The summed E-state index contributed by atoms with van der Waals surface area (Å²) >= 11 is 6.26. The largest absolute Gasteiger partial charge is 0.465 e. The molecule has 0 aromatic carbocycles. The number of H-pyrrole nitrogens is 1. The van der Waals surface area contributed by atoms with Gasteiger partial charge in [-0.3, -0.25) is 5.10 Å². The fourth-order valence-electron chi connectivity index (χ4n) is 4.36. The molecule has 1 aliphatic heterocycles. The number of nitrogens with one attached hydrogen (secondary N) is 2. The molecule has 1 spiro atoms. The SMILES string of the molecule is Cc1cc(Nc2nc(N(C)C3CCC4(CCN(C(=O)O)C4)C3)ncc2Cl)n[nH]1. The van der Waals surface area contributed by atoms with E-state index >= 15 is 0 Å². The first kappa shape index (κ1) is 18.8. The molecule has 2 atom stereocenters. The monoisotopic (exact) mass is 405 g/mol. The van der Waals surface area contributed by atoms with E-state index in [1.165, 1.54) is 4.90 Å². The Kier molecular flexibility index (Phi) is 4.78. The number of carboxylic acid groups (broad SMARTS) is 1. The van der Waals surface area contributed by atoms with Gasteiger partial charge >= 0.3 is 6.09 Å². The van der Waals surface area contributed by atoms with Crippen LogP contribution in [0.1, 0.15) is 31.4 Å². The van der Waals surface area contributed by atoms with Crippen LogP contribution in [0.2, 0.25) is 5.02 Å². The maximum Gasteiger partial charge on any atom is 0.407 e. The molecule has 2 unspecified atom stereocenters. The van der Waals surface area contributed by atoms with Gasteiger partial charge < -0.3 is 20.2 Å². The molecular weight excluding hydrogens is 382 g/mol. The van der Waals surface area contributed by atoms with Crippen LogP contribution in [-0.4, -0.2) is 62.4 Å². The van der Waals surface area contributed by atoms with Crippen molar-refractivity contribution < 1.29 is 9.90 Å². The Balaban J connectivity index is 1.47. The number of likely N-dealkylation sites (tertiary alicyclic amines) is 1. The maximum absolute atomic E-state index is 11.3. The van der Waals surface area contributed by atoms with Gasteiger partial charge in [-0.25, -0.2) is 9.78 Å². The van der Waals surface area contributed by atoms with Crippen molar-refractivity contribution in [2.24, 2.45) is 5.41 Å². The van der Waals surface area contributed by atoms with E-state index in [0.29, 0.717) is 35.7 Å². The van der Waals surface area contributed by atoms with Crippen LogP contribution in [0.5, 0.6) is 0 Å². The minimum absolute atomic E-state index is 0.0807. The quantitative estimate of drug-likeness (QED) is 0.715. The van der Waals surface area contributed by atoms with Crippen molar-refractivity contribution in [1.29, 1.82) is 0 Å². The van der Waals surface area contributed by atoms with E-state index in [-0.39, 0.29) is 11.5 Å². The Hall–Kier alpha value is -2.55. The van der Waals surface area contributed by atoms with Gasteiger partial charge in [-0.15, -0.1) is 0 Å². The number of halogens is 1. The lowest BCUT2D eigenvalue weighted by Gasteiger charge is -2.28. The minimum Gasteiger partial charge on any atom is -0.465 e. The molecule has 3 N–H and O–H groups in total. The summed E-state index contributed by atoms with van der Waals surface area (Å²) in [5, 5.41) is 19.8. The summed E-state index contributed by atoms with van der Waals surface area (Å²) in [4.78, 5) is 23.9. The standard InChI is InChI=1S/C18H24ClN7O2/c1-11-7-14(24-23-11)21-15-13(19)9-20-16(22-15)25(2)12-3-4-18(8-12)5-6-26(10-18)17(27)28/h7,9,12H,3-6,8,10H2,1-2H3,(H,27,28)(H2,20,21,22,23,24). The Morgan fingerprint density at radius 3 is 3.00 bits per heavy atom. The third kappa shape index (κ3) is 3.58. The Morgan fingerprint density at radius 2 is 2.32 bits per heavy atom. The molecule has 2 aromatic heterocycles. The highest BCUT2D eigenvalue weighted by Crippen LogP contribution is 2.47. The lowest BCUT2D eigenvalue weighted by atomic mass is 9.85. The fourth-order valence-corrected chi connectivity index (χ4v) is 4.50. The van der Waals surface area contributed by atoms with Crippen molar-refractivity contribution in [3.8, 4) is 0 Å². The van der Waals surface area contributed by atoms with Gasteiger partial charge in [0.15, 0.2) is 11.6 Å². The lowest BCUT2D eigenvalue weighted by molar-refractivity contribution is 0.148. The summed E-state index contributed by atoms with van der Waals surface area (Å²) < 4.78 is 0. The van der Waals surface area contributed by atoms with Crippen LogP contribution in [0.3, 0.4) is 0 Å². The van der Waals surface area contributed by atoms with Crippen LogP contribution in [0, 0.1) is 12.3 Å². The minimum atomic E-state index is -0.820. The van der Waals surface area contributed by atoms with E-state index < -0.39 is 6.09 Å². The van der Waals surface area contributed by atoms with Crippen LogP contribution < -0.4 is 10.2 Å². The molecule has 1 amide bonds. The van der Waals surface area contributed by atoms with E-state index in [0.717, 1.165) is 31.4 Å². The van der Waals surface area contributed by atoms with Crippen LogP contribution in [0.15, 0.2) is 12.3 Å². The molecule has 1 saturated heterocycles. The van der Waals surface area contributed by atoms with Crippen LogP contribution in [0.25, 0.3) is 0 Å². The molecule has 150 valence electrons. The topological polar surface area (TPSA) is 110 Å². The number of rotatable bonds is 4. The molecule has 0 radical (unpaired) electrons. The smallest absolute Gasteiger partial charge is 0.407 e. The zero-order valence-electron chi connectivity index (χ0n) is 15.9. The number of hydrogen-bond donors (Lipinski definition) is 3. The first-order chi connectivity index (χ1) is 13.3. The van der Waals surface area contributed by atoms with E-state index in [1.54, 1.807) is 6.20 Å². The van der Waals surface area contributed by atoms with Gasteiger partial charge in [0.05, 0.1) is 6.20 Å². The number of carbonyl (C=O) groups is 1. The van der Waals surface area contributed by atoms with Crippen molar-refractivity contribution in [3.63, 3.8) is 0 Å². The lowest BCUT2D eigenvalue weighted by Crippen LogP contribution is -2.34. The third-order valence-corrected chi connectivity index (χ3v) is 6.21. The predicted octanol–water partition coefficient (Wildman–Crippen LogP) is 3.26. The number of hydrogen-bond acceptors (Lipinski definition) is 6. The van der Waals surface area contributed by atoms with Crippen molar-refractivity contribution in [2.75, 3.05) is 30.4 Å². The summed E-state index contributed by atoms with van der Waals surface area (Å²) in [6.45, 7) is 3.17. The Bertz CT molecular complexity index is 889. The predicted molar refractivity (Wildman–Crippen MR) is 106 cm³/mol. The normalized spacial score (nSPS) is 24.1. The highest BCUT2D eigenvalue weighted by atomic mass is 35.5. The zero-order chi connectivity index (χ0) is 19.9.